The second-order valence-corrected chi connectivity index (χ2v) is 12.3. The average molecular weight is 539 g/mol. The second kappa shape index (κ2) is 11.9. The van der Waals surface area contributed by atoms with E-state index in [9.17, 15) is 9.59 Å². The SMILES string of the molecule is C[C@@H](CN1CCC(n2c(=O)[nH]c3cccc(C(=O)C(C)(C)C)c32)CC1)N(Cc1ccccc1)Cc1ccccc1. The largest absolute Gasteiger partial charge is 0.326 e. The Hall–Kier alpha value is -3.48. The highest BCUT2D eigenvalue weighted by Gasteiger charge is 2.30. The predicted octanol–water partition coefficient (Wildman–Crippen LogP) is 6.29. The van der Waals surface area contributed by atoms with Crippen molar-refractivity contribution in [3.05, 3.63) is 106 Å². The molecule has 210 valence electrons. The first-order chi connectivity index (χ1) is 19.2. The molecule has 1 aliphatic rings. The molecule has 2 heterocycles. The number of likely N-dealkylation sites (tertiary alicyclic amines) is 1. The first-order valence-corrected chi connectivity index (χ1v) is 14.5. The third-order valence-electron chi connectivity index (χ3n) is 8.19. The van der Waals surface area contributed by atoms with Gasteiger partial charge in [0.05, 0.1) is 11.0 Å². The van der Waals surface area contributed by atoms with E-state index in [1.807, 2.05) is 43.5 Å². The fourth-order valence-electron chi connectivity index (χ4n) is 5.97. The second-order valence-electron chi connectivity index (χ2n) is 12.3. The highest BCUT2D eigenvalue weighted by Crippen LogP contribution is 2.30. The summed E-state index contributed by atoms with van der Waals surface area (Å²) in [6, 6.07) is 27.5. The minimum atomic E-state index is -0.517. The van der Waals surface area contributed by atoms with Gasteiger partial charge in [-0.1, -0.05) is 87.5 Å². The summed E-state index contributed by atoms with van der Waals surface area (Å²) in [5, 5.41) is 0. The maximum atomic E-state index is 13.3. The molecule has 1 fully saturated rings. The number of rotatable bonds is 9. The Morgan fingerprint density at radius 2 is 1.48 bits per heavy atom. The number of benzene rings is 3. The van der Waals surface area contributed by atoms with Gasteiger partial charge in [-0.3, -0.25) is 14.3 Å². The maximum Gasteiger partial charge on any atom is 0.326 e. The minimum Gasteiger partial charge on any atom is -0.306 e. The highest BCUT2D eigenvalue weighted by atomic mass is 16.1. The Morgan fingerprint density at radius 3 is 2.02 bits per heavy atom. The van der Waals surface area contributed by atoms with Crippen molar-refractivity contribution in [1.29, 1.82) is 0 Å². The Labute approximate surface area is 237 Å². The molecule has 5 rings (SSSR count). The van der Waals surface area contributed by atoms with Crippen LogP contribution in [0.25, 0.3) is 11.0 Å². The van der Waals surface area contributed by atoms with E-state index in [4.69, 9.17) is 0 Å². The standard InChI is InChI=1S/C34H42N4O2/c1-25(37(23-26-12-7-5-8-13-26)24-27-14-9-6-10-15-27)22-36-20-18-28(19-21-36)38-31-29(32(39)34(2,3)4)16-11-17-30(31)35-33(38)40/h5-17,25,28H,18-24H2,1-4H3,(H,35,40)/t25-/m0/s1. The van der Waals surface area contributed by atoms with E-state index in [1.165, 1.54) is 11.1 Å². The van der Waals surface area contributed by atoms with Crippen molar-refractivity contribution < 1.29 is 4.79 Å². The van der Waals surface area contributed by atoms with E-state index >= 15 is 0 Å². The highest BCUT2D eigenvalue weighted by molar-refractivity contribution is 6.08. The summed E-state index contributed by atoms with van der Waals surface area (Å²) in [6.45, 7) is 12.8. The van der Waals surface area contributed by atoms with Gasteiger partial charge in [-0.05, 0) is 43.0 Å². The number of aromatic amines is 1. The van der Waals surface area contributed by atoms with Crippen LogP contribution >= 0.6 is 0 Å². The fraction of sp³-hybridized carbons (Fsp3) is 0.412. The zero-order chi connectivity index (χ0) is 28.3. The maximum absolute atomic E-state index is 13.3. The molecule has 0 unspecified atom stereocenters. The van der Waals surface area contributed by atoms with Gasteiger partial charge in [-0.25, -0.2) is 4.79 Å². The average Bonchev–Trinajstić information content (AvgIpc) is 3.29. The predicted molar refractivity (Wildman–Crippen MR) is 163 cm³/mol. The number of carbonyl (C=O) groups excluding carboxylic acids is 1. The number of aromatic nitrogens is 2. The molecule has 6 heteroatoms. The molecule has 0 radical (unpaired) electrons. The summed E-state index contributed by atoms with van der Waals surface area (Å²) in [4.78, 5) is 34.5. The van der Waals surface area contributed by atoms with Crippen LogP contribution in [0.1, 0.15) is 68.1 Å². The first-order valence-electron chi connectivity index (χ1n) is 14.5. The van der Waals surface area contributed by atoms with E-state index in [0.29, 0.717) is 11.6 Å². The van der Waals surface area contributed by atoms with E-state index in [0.717, 1.165) is 56.6 Å². The molecular formula is C34H42N4O2. The molecule has 1 aromatic heterocycles. The number of nitrogens with one attached hydrogen (secondary N) is 1. The third-order valence-corrected chi connectivity index (χ3v) is 8.19. The Balaban J connectivity index is 1.30. The summed E-state index contributed by atoms with van der Waals surface area (Å²) in [6.07, 6.45) is 1.77. The van der Waals surface area contributed by atoms with Crippen molar-refractivity contribution in [1.82, 2.24) is 19.4 Å². The summed E-state index contributed by atoms with van der Waals surface area (Å²) < 4.78 is 1.87. The Bertz CT molecular complexity index is 1430. The lowest BCUT2D eigenvalue weighted by molar-refractivity contribution is 0.0859. The van der Waals surface area contributed by atoms with Crippen LogP contribution in [0.3, 0.4) is 0 Å². The van der Waals surface area contributed by atoms with Gasteiger partial charge in [0.25, 0.3) is 0 Å². The van der Waals surface area contributed by atoms with Gasteiger partial charge < -0.3 is 9.88 Å². The van der Waals surface area contributed by atoms with E-state index in [2.05, 4.69) is 82.4 Å². The first kappa shape index (κ1) is 28.1. The van der Waals surface area contributed by atoms with Crippen LogP contribution in [0, 0.1) is 5.41 Å². The number of hydrogen-bond donors (Lipinski definition) is 1. The van der Waals surface area contributed by atoms with Gasteiger partial charge in [0.1, 0.15) is 0 Å². The van der Waals surface area contributed by atoms with E-state index in [-0.39, 0.29) is 17.5 Å². The van der Waals surface area contributed by atoms with Crippen LogP contribution in [-0.2, 0) is 13.1 Å². The molecule has 0 aliphatic carbocycles. The summed E-state index contributed by atoms with van der Waals surface area (Å²) >= 11 is 0. The zero-order valence-corrected chi connectivity index (χ0v) is 24.3. The minimum absolute atomic E-state index is 0.0639. The number of imidazole rings is 1. The van der Waals surface area contributed by atoms with Gasteiger partial charge in [-0.2, -0.15) is 0 Å². The number of para-hydroxylation sites is 1. The number of H-pyrrole nitrogens is 1. The zero-order valence-electron chi connectivity index (χ0n) is 24.3. The van der Waals surface area contributed by atoms with Crippen molar-refractivity contribution >= 4 is 16.8 Å². The number of hydrogen-bond acceptors (Lipinski definition) is 4. The number of piperidine rings is 1. The third kappa shape index (κ3) is 6.29. The molecule has 40 heavy (non-hydrogen) atoms. The number of ketones is 1. The van der Waals surface area contributed by atoms with Gasteiger partial charge in [0.15, 0.2) is 5.78 Å². The van der Waals surface area contributed by atoms with Gasteiger partial charge >= 0.3 is 5.69 Å². The summed E-state index contributed by atoms with van der Waals surface area (Å²) in [5.74, 6) is 0.0639. The number of carbonyl (C=O) groups is 1. The van der Waals surface area contributed by atoms with Crippen molar-refractivity contribution in [2.45, 2.75) is 65.7 Å². The Morgan fingerprint density at radius 1 is 0.900 bits per heavy atom. The topological polar surface area (TPSA) is 61.3 Å². The fourth-order valence-corrected chi connectivity index (χ4v) is 5.97. The molecule has 1 atom stereocenters. The molecule has 1 aliphatic heterocycles. The van der Waals surface area contributed by atoms with E-state index in [1.54, 1.807) is 0 Å². The van der Waals surface area contributed by atoms with Crippen LogP contribution in [0.2, 0.25) is 0 Å². The molecule has 3 aromatic carbocycles. The van der Waals surface area contributed by atoms with Gasteiger partial charge in [-0.15, -0.1) is 0 Å². The Kier molecular flexibility index (Phi) is 8.38. The number of Topliss-reactive ketones (excluding diaryl/α,β-unsaturated/α-hetero) is 1. The van der Waals surface area contributed by atoms with Crippen molar-refractivity contribution in [3.8, 4) is 0 Å². The molecule has 1 saturated heterocycles. The van der Waals surface area contributed by atoms with Crippen LogP contribution in [0.15, 0.2) is 83.7 Å². The number of fused-ring (bicyclic) bond motifs is 1. The van der Waals surface area contributed by atoms with Crippen molar-refractivity contribution in [3.63, 3.8) is 0 Å². The summed E-state index contributed by atoms with van der Waals surface area (Å²) in [7, 11) is 0. The smallest absolute Gasteiger partial charge is 0.306 e. The molecule has 0 spiro atoms. The molecule has 0 amide bonds. The molecular weight excluding hydrogens is 496 g/mol. The molecule has 0 saturated carbocycles. The van der Waals surface area contributed by atoms with Crippen molar-refractivity contribution in [2.75, 3.05) is 19.6 Å². The lowest BCUT2D eigenvalue weighted by atomic mass is 9.86. The van der Waals surface area contributed by atoms with Gasteiger partial charge in [0.2, 0.25) is 0 Å². The van der Waals surface area contributed by atoms with E-state index < -0.39 is 5.41 Å². The summed E-state index contributed by atoms with van der Waals surface area (Å²) in [5.41, 5.74) is 4.15. The lowest BCUT2D eigenvalue weighted by Crippen LogP contribution is -2.45. The van der Waals surface area contributed by atoms with Gasteiger partial charge in [0, 0.05) is 55.8 Å². The van der Waals surface area contributed by atoms with Crippen LogP contribution in [0.4, 0.5) is 0 Å². The number of nitrogens with zero attached hydrogens (tertiary/aromatic N) is 3. The van der Waals surface area contributed by atoms with Crippen LogP contribution in [-0.4, -0.2) is 50.8 Å². The van der Waals surface area contributed by atoms with Crippen LogP contribution in [0.5, 0.6) is 0 Å². The molecule has 0 bridgehead atoms. The lowest BCUT2D eigenvalue weighted by Gasteiger charge is -2.37. The quantitative estimate of drug-likeness (QED) is 0.255. The molecule has 1 N–H and O–H groups in total. The monoisotopic (exact) mass is 538 g/mol. The van der Waals surface area contributed by atoms with Crippen molar-refractivity contribution in [2.24, 2.45) is 5.41 Å². The normalized spacial score (nSPS) is 16.0. The molecule has 4 aromatic rings. The molecule has 6 nitrogen and oxygen atoms in total. The van der Waals surface area contributed by atoms with Crippen LogP contribution < -0.4 is 5.69 Å².